The van der Waals surface area contributed by atoms with E-state index in [0.29, 0.717) is 19.1 Å². The maximum Gasteiger partial charge on any atom is 0.191 e. The van der Waals surface area contributed by atoms with E-state index in [0.717, 1.165) is 42.6 Å². The fourth-order valence-electron chi connectivity index (χ4n) is 3.90. The molecule has 0 aromatic heterocycles. The van der Waals surface area contributed by atoms with Gasteiger partial charge in [-0.05, 0) is 50.5 Å². The molecule has 0 aliphatic carbocycles. The quantitative estimate of drug-likeness (QED) is 0.458. The van der Waals surface area contributed by atoms with Crippen molar-refractivity contribution in [3.05, 3.63) is 59.7 Å². The number of guanidine groups is 1. The fraction of sp³-hybridized carbons (Fsp3) is 0.480. The molecule has 1 saturated heterocycles. The highest BCUT2D eigenvalue weighted by Gasteiger charge is 2.29. The van der Waals surface area contributed by atoms with Gasteiger partial charge >= 0.3 is 0 Å². The average Bonchev–Trinajstić information content (AvgIpc) is 3.27. The molecule has 2 aromatic carbocycles. The highest BCUT2D eigenvalue weighted by atomic mass is 16.5. The third-order valence-corrected chi connectivity index (χ3v) is 5.52. The van der Waals surface area contributed by atoms with Gasteiger partial charge in [-0.15, -0.1) is 0 Å². The van der Waals surface area contributed by atoms with Gasteiger partial charge in [-0.25, -0.2) is 0 Å². The molecule has 2 N–H and O–H groups in total. The van der Waals surface area contributed by atoms with Crippen molar-refractivity contribution in [1.82, 2.24) is 10.6 Å². The number of nitrogens with one attached hydrogen (secondary N) is 2. The molecule has 3 unspecified atom stereocenters. The summed E-state index contributed by atoms with van der Waals surface area (Å²) in [5, 5.41) is 6.97. The van der Waals surface area contributed by atoms with E-state index < -0.39 is 0 Å². The van der Waals surface area contributed by atoms with E-state index in [1.807, 2.05) is 32.0 Å². The molecule has 31 heavy (non-hydrogen) atoms. The molecule has 3 rings (SSSR count). The van der Waals surface area contributed by atoms with Crippen LogP contribution in [0.3, 0.4) is 0 Å². The van der Waals surface area contributed by atoms with Crippen LogP contribution in [0.1, 0.15) is 50.5 Å². The lowest BCUT2D eigenvalue weighted by atomic mass is 9.95. The predicted molar refractivity (Wildman–Crippen MR) is 125 cm³/mol. The van der Waals surface area contributed by atoms with Gasteiger partial charge in [-0.3, -0.25) is 4.99 Å². The van der Waals surface area contributed by atoms with Crippen molar-refractivity contribution < 1.29 is 14.2 Å². The number of rotatable bonds is 9. The molecule has 0 saturated carbocycles. The van der Waals surface area contributed by atoms with E-state index in [1.165, 1.54) is 5.56 Å². The second-order valence-electron chi connectivity index (χ2n) is 7.64. The number of ether oxygens (including phenoxy) is 3. The molecular formula is C25H35N3O3. The van der Waals surface area contributed by atoms with Crippen LogP contribution in [-0.4, -0.2) is 39.4 Å². The lowest BCUT2D eigenvalue weighted by molar-refractivity contribution is 0.0915. The van der Waals surface area contributed by atoms with E-state index in [2.05, 4.69) is 52.9 Å². The third kappa shape index (κ3) is 6.14. The monoisotopic (exact) mass is 425 g/mol. The molecule has 6 nitrogen and oxygen atoms in total. The van der Waals surface area contributed by atoms with Crippen LogP contribution in [0.5, 0.6) is 11.5 Å². The Labute approximate surface area is 186 Å². The molecule has 0 bridgehead atoms. The van der Waals surface area contributed by atoms with Crippen LogP contribution in [-0.2, 0) is 4.74 Å². The zero-order chi connectivity index (χ0) is 22.1. The van der Waals surface area contributed by atoms with Crippen LogP contribution in [0.4, 0.5) is 0 Å². The lowest BCUT2D eigenvalue weighted by Crippen LogP contribution is -2.41. The first-order valence-electron chi connectivity index (χ1n) is 11.2. The molecule has 6 heteroatoms. The Morgan fingerprint density at radius 3 is 2.55 bits per heavy atom. The molecule has 2 aromatic rings. The highest BCUT2D eigenvalue weighted by Crippen LogP contribution is 2.34. The summed E-state index contributed by atoms with van der Waals surface area (Å²) < 4.78 is 17.5. The standard InChI is InChI=1S/C25H35N3O3/c1-5-29-22-13-12-20(16-23(22)30-6-2)18(3)28-25(26-4)27-17-21-14-15-31-24(21)19-10-8-7-9-11-19/h7-13,16,18,21,24H,5-6,14-15,17H2,1-4H3,(H2,26,27,28). The van der Waals surface area contributed by atoms with Crippen LogP contribution < -0.4 is 20.1 Å². The van der Waals surface area contributed by atoms with Crippen molar-refractivity contribution in [3.8, 4) is 11.5 Å². The summed E-state index contributed by atoms with van der Waals surface area (Å²) in [6, 6.07) is 16.6. The normalized spacial score (nSPS) is 19.7. The van der Waals surface area contributed by atoms with Gasteiger partial charge in [0.05, 0.1) is 25.4 Å². The number of aliphatic imine (C=N–C) groups is 1. The smallest absolute Gasteiger partial charge is 0.191 e. The Balaban J connectivity index is 1.60. The van der Waals surface area contributed by atoms with Crippen molar-refractivity contribution >= 4 is 5.96 Å². The third-order valence-electron chi connectivity index (χ3n) is 5.52. The molecule has 0 amide bonds. The minimum absolute atomic E-state index is 0.0610. The second-order valence-corrected chi connectivity index (χ2v) is 7.64. The van der Waals surface area contributed by atoms with Gasteiger partial charge in [0.25, 0.3) is 0 Å². The maximum absolute atomic E-state index is 6.01. The van der Waals surface area contributed by atoms with E-state index in [1.54, 1.807) is 7.05 Å². The summed E-state index contributed by atoms with van der Waals surface area (Å²) in [4.78, 5) is 4.42. The summed E-state index contributed by atoms with van der Waals surface area (Å²) in [5.74, 6) is 2.73. The van der Waals surface area contributed by atoms with E-state index in [9.17, 15) is 0 Å². The van der Waals surface area contributed by atoms with Crippen LogP contribution >= 0.6 is 0 Å². The van der Waals surface area contributed by atoms with Gasteiger partial charge < -0.3 is 24.8 Å². The maximum atomic E-state index is 6.01. The molecule has 0 radical (unpaired) electrons. The summed E-state index contributed by atoms with van der Waals surface area (Å²) in [5.41, 5.74) is 2.35. The first-order valence-corrected chi connectivity index (χ1v) is 11.2. The van der Waals surface area contributed by atoms with Gasteiger partial charge in [-0.2, -0.15) is 0 Å². The van der Waals surface area contributed by atoms with Crippen molar-refractivity contribution in [3.63, 3.8) is 0 Å². The largest absolute Gasteiger partial charge is 0.490 e. The Kier molecular flexibility index (Phi) is 8.59. The zero-order valence-corrected chi connectivity index (χ0v) is 19.1. The van der Waals surface area contributed by atoms with E-state index in [4.69, 9.17) is 14.2 Å². The van der Waals surface area contributed by atoms with Crippen LogP contribution in [0, 0.1) is 5.92 Å². The van der Waals surface area contributed by atoms with Gasteiger partial charge in [0, 0.05) is 26.1 Å². The summed E-state index contributed by atoms with van der Waals surface area (Å²) in [6.07, 6.45) is 1.17. The molecule has 1 fully saturated rings. The lowest BCUT2D eigenvalue weighted by Gasteiger charge is -2.23. The summed E-state index contributed by atoms with van der Waals surface area (Å²) in [6.45, 7) is 8.87. The number of hydrogen-bond donors (Lipinski definition) is 2. The Bertz CT molecular complexity index is 841. The van der Waals surface area contributed by atoms with Crippen molar-refractivity contribution in [1.29, 1.82) is 0 Å². The zero-order valence-electron chi connectivity index (χ0n) is 19.1. The number of nitrogens with zero attached hydrogens (tertiary/aromatic N) is 1. The van der Waals surface area contributed by atoms with Crippen LogP contribution in [0.25, 0.3) is 0 Å². The number of benzene rings is 2. The Morgan fingerprint density at radius 2 is 1.84 bits per heavy atom. The molecule has 168 valence electrons. The van der Waals surface area contributed by atoms with Gasteiger partial charge in [0.1, 0.15) is 0 Å². The van der Waals surface area contributed by atoms with Crippen molar-refractivity contribution in [2.24, 2.45) is 10.9 Å². The fourth-order valence-corrected chi connectivity index (χ4v) is 3.90. The van der Waals surface area contributed by atoms with Crippen LogP contribution in [0.2, 0.25) is 0 Å². The topological polar surface area (TPSA) is 64.1 Å². The summed E-state index contributed by atoms with van der Waals surface area (Å²) >= 11 is 0. The summed E-state index contributed by atoms with van der Waals surface area (Å²) in [7, 11) is 1.80. The minimum Gasteiger partial charge on any atom is -0.490 e. The first-order chi connectivity index (χ1) is 15.2. The van der Waals surface area contributed by atoms with Gasteiger partial charge in [0.15, 0.2) is 17.5 Å². The highest BCUT2D eigenvalue weighted by molar-refractivity contribution is 5.80. The average molecular weight is 426 g/mol. The Morgan fingerprint density at radius 1 is 1.10 bits per heavy atom. The molecule has 1 heterocycles. The molecular weight excluding hydrogens is 390 g/mol. The Hall–Kier alpha value is -2.73. The molecule has 1 aliphatic rings. The van der Waals surface area contributed by atoms with Crippen molar-refractivity contribution in [2.75, 3.05) is 33.4 Å². The SMILES string of the molecule is CCOc1ccc(C(C)NC(=NC)NCC2CCOC2c2ccccc2)cc1OCC. The first kappa shape index (κ1) is 22.9. The molecule has 0 spiro atoms. The molecule has 3 atom stereocenters. The van der Waals surface area contributed by atoms with E-state index in [-0.39, 0.29) is 12.1 Å². The van der Waals surface area contributed by atoms with Gasteiger partial charge in [0.2, 0.25) is 0 Å². The molecule has 1 aliphatic heterocycles. The van der Waals surface area contributed by atoms with Crippen LogP contribution in [0.15, 0.2) is 53.5 Å². The van der Waals surface area contributed by atoms with E-state index >= 15 is 0 Å². The second kappa shape index (κ2) is 11.6. The number of hydrogen-bond acceptors (Lipinski definition) is 4. The minimum atomic E-state index is 0.0610. The van der Waals surface area contributed by atoms with Gasteiger partial charge in [-0.1, -0.05) is 36.4 Å². The predicted octanol–water partition coefficient (Wildman–Crippen LogP) is 4.49. The van der Waals surface area contributed by atoms with Crippen molar-refractivity contribution in [2.45, 2.75) is 39.3 Å².